The van der Waals surface area contributed by atoms with E-state index in [4.69, 9.17) is 10.5 Å². The third-order valence-corrected chi connectivity index (χ3v) is 3.44. The number of carbonyl (C=O) groups is 1. The molecule has 0 aliphatic carbocycles. The van der Waals surface area contributed by atoms with Gasteiger partial charge in [-0.15, -0.1) is 0 Å². The van der Waals surface area contributed by atoms with Crippen LogP contribution in [0.2, 0.25) is 0 Å². The van der Waals surface area contributed by atoms with Crippen molar-refractivity contribution >= 4 is 5.91 Å². The standard InChI is InChI=1S/C15H23N3O2/c16-7-5-13-1-3-14(4-2-13)20-12-11-18-9-6-15(19)17-8-10-18/h1-4H,5-12,16H2,(H,17,19). The Morgan fingerprint density at radius 3 is 2.80 bits per heavy atom. The lowest BCUT2D eigenvalue weighted by atomic mass is 10.1. The molecule has 0 saturated carbocycles. The van der Waals surface area contributed by atoms with E-state index in [0.29, 0.717) is 19.6 Å². The van der Waals surface area contributed by atoms with E-state index in [1.807, 2.05) is 12.1 Å². The van der Waals surface area contributed by atoms with Crippen molar-refractivity contribution < 1.29 is 9.53 Å². The SMILES string of the molecule is NCCc1ccc(OCCN2CCNC(=O)CC2)cc1. The number of hydrogen-bond donors (Lipinski definition) is 2. The Morgan fingerprint density at radius 2 is 2.05 bits per heavy atom. The molecule has 2 rings (SSSR count). The Hall–Kier alpha value is -1.59. The fourth-order valence-electron chi connectivity index (χ4n) is 2.25. The molecule has 0 atom stereocenters. The smallest absolute Gasteiger partial charge is 0.221 e. The summed E-state index contributed by atoms with van der Waals surface area (Å²) in [6.07, 6.45) is 1.48. The van der Waals surface area contributed by atoms with Crippen molar-refractivity contribution in [1.82, 2.24) is 10.2 Å². The first-order valence-electron chi connectivity index (χ1n) is 7.19. The molecule has 0 unspecified atom stereocenters. The molecule has 3 N–H and O–H groups in total. The van der Waals surface area contributed by atoms with Crippen LogP contribution in [0.15, 0.2) is 24.3 Å². The molecule has 110 valence electrons. The van der Waals surface area contributed by atoms with Crippen molar-refractivity contribution in [3.05, 3.63) is 29.8 Å². The minimum atomic E-state index is 0.143. The highest BCUT2D eigenvalue weighted by molar-refractivity contribution is 5.76. The van der Waals surface area contributed by atoms with Crippen LogP contribution in [0, 0.1) is 0 Å². The van der Waals surface area contributed by atoms with Gasteiger partial charge in [-0.3, -0.25) is 9.69 Å². The van der Waals surface area contributed by atoms with Crippen molar-refractivity contribution in [1.29, 1.82) is 0 Å². The Labute approximate surface area is 120 Å². The summed E-state index contributed by atoms with van der Waals surface area (Å²) in [4.78, 5) is 13.5. The van der Waals surface area contributed by atoms with Crippen molar-refractivity contribution in [2.45, 2.75) is 12.8 Å². The van der Waals surface area contributed by atoms with Gasteiger partial charge in [0.05, 0.1) is 0 Å². The van der Waals surface area contributed by atoms with Gasteiger partial charge >= 0.3 is 0 Å². The van der Waals surface area contributed by atoms with Gasteiger partial charge in [-0.25, -0.2) is 0 Å². The van der Waals surface area contributed by atoms with Gasteiger partial charge in [0.15, 0.2) is 0 Å². The summed E-state index contributed by atoms with van der Waals surface area (Å²) in [5.74, 6) is 1.03. The van der Waals surface area contributed by atoms with Gasteiger partial charge in [0.1, 0.15) is 12.4 Å². The molecular formula is C15H23N3O2. The number of nitrogens with one attached hydrogen (secondary N) is 1. The van der Waals surface area contributed by atoms with Crippen LogP contribution >= 0.6 is 0 Å². The van der Waals surface area contributed by atoms with Crippen molar-refractivity contribution in [3.63, 3.8) is 0 Å². The molecule has 1 amide bonds. The maximum Gasteiger partial charge on any atom is 0.221 e. The average molecular weight is 277 g/mol. The third-order valence-electron chi connectivity index (χ3n) is 3.44. The lowest BCUT2D eigenvalue weighted by Gasteiger charge is -2.19. The summed E-state index contributed by atoms with van der Waals surface area (Å²) in [7, 11) is 0. The fraction of sp³-hybridized carbons (Fsp3) is 0.533. The number of nitrogens with zero attached hydrogens (tertiary/aromatic N) is 1. The van der Waals surface area contributed by atoms with E-state index in [1.165, 1.54) is 5.56 Å². The molecule has 1 aliphatic heterocycles. The topological polar surface area (TPSA) is 67.6 Å². The number of ether oxygens (including phenoxy) is 1. The van der Waals surface area contributed by atoms with Crippen LogP contribution in [-0.2, 0) is 11.2 Å². The zero-order chi connectivity index (χ0) is 14.2. The number of nitrogens with two attached hydrogens (primary N) is 1. The van der Waals surface area contributed by atoms with Crippen molar-refractivity contribution in [3.8, 4) is 5.75 Å². The highest BCUT2D eigenvalue weighted by Gasteiger charge is 2.12. The van der Waals surface area contributed by atoms with Crippen molar-refractivity contribution in [2.24, 2.45) is 5.73 Å². The summed E-state index contributed by atoms with van der Waals surface area (Å²) < 4.78 is 5.73. The van der Waals surface area contributed by atoms with E-state index in [9.17, 15) is 4.79 Å². The molecule has 20 heavy (non-hydrogen) atoms. The van der Waals surface area contributed by atoms with Crippen LogP contribution in [0.25, 0.3) is 0 Å². The van der Waals surface area contributed by atoms with Gasteiger partial charge in [-0.05, 0) is 30.7 Å². The zero-order valence-electron chi connectivity index (χ0n) is 11.8. The predicted molar refractivity (Wildman–Crippen MR) is 78.8 cm³/mol. The lowest BCUT2D eigenvalue weighted by Crippen LogP contribution is -2.32. The van der Waals surface area contributed by atoms with Crippen LogP contribution in [0.5, 0.6) is 5.75 Å². The first-order chi connectivity index (χ1) is 9.78. The van der Waals surface area contributed by atoms with Gasteiger partial charge < -0.3 is 15.8 Å². The third kappa shape index (κ3) is 4.83. The van der Waals surface area contributed by atoms with Crippen LogP contribution in [0.4, 0.5) is 0 Å². The van der Waals surface area contributed by atoms with Gasteiger partial charge in [-0.1, -0.05) is 12.1 Å². The second-order valence-corrected chi connectivity index (χ2v) is 4.97. The molecule has 1 heterocycles. The van der Waals surface area contributed by atoms with E-state index in [2.05, 4.69) is 22.3 Å². The number of rotatable bonds is 6. The van der Waals surface area contributed by atoms with Crippen molar-refractivity contribution in [2.75, 3.05) is 39.3 Å². The van der Waals surface area contributed by atoms with E-state index in [1.54, 1.807) is 0 Å². The zero-order valence-corrected chi connectivity index (χ0v) is 11.8. The monoisotopic (exact) mass is 277 g/mol. The molecule has 0 aromatic heterocycles. The fourth-order valence-corrected chi connectivity index (χ4v) is 2.25. The largest absolute Gasteiger partial charge is 0.492 e. The first-order valence-corrected chi connectivity index (χ1v) is 7.19. The van der Waals surface area contributed by atoms with Crippen LogP contribution in [0.1, 0.15) is 12.0 Å². The van der Waals surface area contributed by atoms with Gasteiger partial charge in [0, 0.05) is 32.6 Å². The predicted octanol–water partition coefficient (Wildman–Crippen LogP) is 0.389. The van der Waals surface area contributed by atoms with Crippen LogP contribution < -0.4 is 15.8 Å². The van der Waals surface area contributed by atoms with E-state index < -0.39 is 0 Å². The van der Waals surface area contributed by atoms with Crippen LogP contribution in [-0.4, -0.2) is 50.1 Å². The van der Waals surface area contributed by atoms with E-state index in [0.717, 1.165) is 38.3 Å². The summed E-state index contributed by atoms with van der Waals surface area (Å²) in [6.45, 7) is 4.59. The molecular weight excluding hydrogens is 254 g/mol. The molecule has 0 bridgehead atoms. The molecule has 1 aromatic carbocycles. The normalized spacial score (nSPS) is 16.6. The minimum Gasteiger partial charge on any atom is -0.492 e. The Kier molecular flexibility index (Phi) is 5.83. The number of carbonyl (C=O) groups excluding carboxylic acids is 1. The molecule has 1 aromatic rings. The summed E-state index contributed by atoms with van der Waals surface area (Å²) >= 11 is 0. The molecule has 0 radical (unpaired) electrons. The Balaban J connectivity index is 1.70. The number of hydrogen-bond acceptors (Lipinski definition) is 4. The maximum absolute atomic E-state index is 11.2. The van der Waals surface area contributed by atoms with E-state index in [-0.39, 0.29) is 5.91 Å². The number of amides is 1. The van der Waals surface area contributed by atoms with Crippen LogP contribution in [0.3, 0.4) is 0 Å². The highest BCUT2D eigenvalue weighted by atomic mass is 16.5. The van der Waals surface area contributed by atoms with Gasteiger partial charge in [0.25, 0.3) is 0 Å². The second-order valence-electron chi connectivity index (χ2n) is 4.97. The second kappa shape index (κ2) is 7.87. The molecule has 5 heteroatoms. The quantitative estimate of drug-likeness (QED) is 0.789. The first kappa shape index (κ1) is 14.8. The molecule has 0 spiro atoms. The summed E-state index contributed by atoms with van der Waals surface area (Å²) in [5.41, 5.74) is 6.75. The Bertz CT molecular complexity index is 420. The number of benzene rings is 1. The lowest BCUT2D eigenvalue weighted by molar-refractivity contribution is -0.120. The van der Waals surface area contributed by atoms with Gasteiger partial charge in [0.2, 0.25) is 5.91 Å². The van der Waals surface area contributed by atoms with Gasteiger partial charge in [-0.2, -0.15) is 0 Å². The molecule has 1 saturated heterocycles. The average Bonchev–Trinajstić information content (AvgIpc) is 2.66. The maximum atomic E-state index is 11.2. The summed E-state index contributed by atoms with van der Waals surface area (Å²) in [5, 5.41) is 2.87. The minimum absolute atomic E-state index is 0.143. The van der Waals surface area contributed by atoms with E-state index >= 15 is 0 Å². The summed E-state index contributed by atoms with van der Waals surface area (Å²) in [6, 6.07) is 8.07. The highest BCUT2D eigenvalue weighted by Crippen LogP contribution is 2.12. The molecule has 5 nitrogen and oxygen atoms in total. The molecule has 1 aliphatic rings. The Morgan fingerprint density at radius 1 is 1.25 bits per heavy atom. The molecule has 1 fully saturated rings.